The van der Waals surface area contributed by atoms with Gasteiger partial charge in [-0.2, -0.15) is 5.26 Å². The lowest BCUT2D eigenvalue weighted by Gasteiger charge is -2.17. The van der Waals surface area contributed by atoms with Crippen molar-refractivity contribution in [1.82, 2.24) is 15.3 Å². The third-order valence-corrected chi connectivity index (χ3v) is 5.37. The minimum Gasteiger partial charge on any atom is -0.364 e. The van der Waals surface area contributed by atoms with Crippen LogP contribution in [0.2, 0.25) is 0 Å². The van der Waals surface area contributed by atoms with E-state index in [1.165, 1.54) is 0 Å². The van der Waals surface area contributed by atoms with Crippen molar-refractivity contribution in [1.29, 1.82) is 5.26 Å². The lowest BCUT2D eigenvalue weighted by molar-refractivity contribution is 0.831. The molecular formula is C25H30N6S. The van der Waals surface area contributed by atoms with E-state index in [1.54, 1.807) is 0 Å². The summed E-state index contributed by atoms with van der Waals surface area (Å²) in [4.78, 5) is 8.13. The number of hydrogen-bond acceptors (Lipinski definition) is 4. The minimum atomic E-state index is 0.587. The van der Waals surface area contributed by atoms with Crippen molar-refractivity contribution in [2.24, 2.45) is 0 Å². The SMILES string of the molecule is CCNC(=S)Nc1c(C)cc(C)nc1NCc1ccc(-c2ccc(CCCC#N)[nH]2)cc1. The lowest BCUT2D eigenvalue weighted by atomic mass is 10.1. The summed E-state index contributed by atoms with van der Waals surface area (Å²) in [6, 6.07) is 16.9. The highest BCUT2D eigenvalue weighted by molar-refractivity contribution is 7.80. The number of nitriles is 1. The molecule has 7 heteroatoms. The molecular weight excluding hydrogens is 416 g/mol. The van der Waals surface area contributed by atoms with Crippen LogP contribution < -0.4 is 16.0 Å². The molecule has 2 heterocycles. The number of aromatic nitrogens is 2. The second-order valence-corrected chi connectivity index (χ2v) is 8.16. The van der Waals surface area contributed by atoms with E-state index in [2.05, 4.69) is 75.3 Å². The number of H-pyrrole nitrogens is 1. The molecule has 0 bridgehead atoms. The molecule has 0 atom stereocenters. The molecule has 4 N–H and O–H groups in total. The maximum Gasteiger partial charge on any atom is 0.170 e. The summed E-state index contributed by atoms with van der Waals surface area (Å²) in [7, 11) is 0. The minimum absolute atomic E-state index is 0.587. The Hall–Kier alpha value is -3.37. The molecule has 3 aromatic rings. The summed E-state index contributed by atoms with van der Waals surface area (Å²) in [5, 5.41) is 19.1. The highest BCUT2D eigenvalue weighted by Gasteiger charge is 2.11. The van der Waals surface area contributed by atoms with Crippen LogP contribution in [0.25, 0.3) is 11.3 Å². The highest BCUT2D eigenvalue weighted by atomic mass is 32.1. The molecule has 0 unspecified atom stereocenters. The van der Waals surface area contributed by atoms with E-state index in [0.29, 0.717) is 18.1 Å². The first-order valence-corrected chi connectivity index (χ1v) is 11.3. The van der Waals surface area contributed by atoms with E-state index < -0.39 is 0 Å². The highest BCUT2D eigenvalue weighted by Crippen LogP contribution is 2.26. The Labute approximate surface area is 195 Å². The van der Waals surface area contributed by atoms with Crippen molar-refractivity contribution >= 4 is 28.8 Å². The lowest BCUT2D eigenvalue weighted by Crippen LogP contribution is -2.28. The van der Waals surface area contributed by atoms with Crippen LogP contribution in [0, 0.1) is 25.2 Å². The molecule has 0 saturated heterocycles. The Balaban J connectivity index is 1.67. The Morgan fingerprint density at radius 2 is 1.94 bits per heavy atom. The number of rotatable bonds is 9. The summed E-state index contributed by atoms with van der Waals surface area (Å²) in [6.45, 7) is 7.48. The van der Waals surface area contributed by atoms with Crippen molar-refractivity contribution in [3.63, 3.8) is 0 Å². The Morgan fingerprint density at radius 1 is 1.16 bits per heavy atom. The molecule has 2 aromatic heterocycles. The van der Waals surface area contributed by atoms with Crippen molar-refractivity contribution in [2.45, 2.75) is 46.6 Å². The molecule has 0 aliphatic heterocycles. The number of thiocarbonyl (C=S) groups is 1. The summed E-state index contributed by atoms with van der Waals surface area (Å²) in [6.07, 6.45) is 2.36. The number of unbranched alkanes of at least 4 members (excludes halogenated alkanes) is 1. The summed E-state index contributed by atoms with van der Waals surface area (Å²) in [5.41, 5.74) is 7.51. The third kappa shape index (κ3) is 6.32. The third-order valence-electron chi connectivity index (χ3n) is 5.13. The van der Waals surface area contributed by atoms with Gasteiger partial charge in [0.2, 0.25) is 0 Å². The molecule has 0 radical (unpaired) electrons. The maximum absolute atomic E-state index is 8.69. The van der Waals surface area contributed by atoms with Gasteiger partial charge in [-0.05, 0) is 80.7 Å². The summed E-state index contributed by atoms with van der Waals surface area (Å²) < 4.78 is 0. The fourth-order valence-corrected chi connectivity index (χ4v) is 3.79. The average molecular weight is 447 g/mol. The Kier molecular flexibility index (Phi) is 8.23. The van der Waals surface area contributed by atoms with Crippen molar-refractivity contribution in [3.05, 3.63) is 65.0 Å². The van der Waals surface area contributed by atoms with Crippen LogP contribution in [-0.2, 0) is 13.0 Å². The molecule has 0 aliphatic rings. The van der Waals surface area contributed by atoms with Gasteiger partial charge in [-0.3, -0.25) is 0 Å². The van der Waals surface area contributed by atoms with Gasteiger partial charge < -0.3 is 20.9 Å². The van der Waals surface area contributed by atoms with Gasteiger partial charge in [-0.15, -0.1) is 0 Å². The largest absolute Gasteiger partial charge is 0.364 e. The van der Waals surface area contributed by atoms with E-state index in [0.717, 1.165) is 64.7 Å². The molecule has 6 nitrogen and oxygen atoms in total. The second kappa shape index (κ2) is 11.3. The zero-order chi connectivity index (χ0) is 22.9. The second-order valence-electron chi connectivity index (χ2n) is 7.75. The summed E-state index contributed by atoms with van der Waals surface area (Å²) in [5.74, 6) is 0.790. The molecule has 0 spiro atoms. The predicted octanol–water partition coefficient (Wildman–Crippen LogP) is 5.46. The number of benzene rings is 1. The zero-order valence-electron chi connectivity index (χ0n) is 18.9. The number of nitrogens with one attached hydrogen (secondary N) is 4. The molecule has 0 fully saturated rings. The zero-order valence-corrected chi connectivity index (χ0v) is 19.7. The van der Waals surface area contributed by atoms with E-state index in [-0.39, 0.29) is 0 Å². The van der Waals surface area contributed by atoms with Crippen LogP contribution in [0.1, 0.15) is 42.3 Å². The van der Waals surface area contributed by atoms with Crippen LogP contribution in [0.5, 0.6) is 0 Å². The molecule has 0 aliphatic carbocycles. The first kappa shape index (κ1) is 23.3. The van der Waals surface area contributed by atoms with Crippen LogP contribution in [0.15, 0.2) is 42.5 Å². The van der Waals surface area contributed by atoms with Crippen molar-refractivity contribution < 1.29 is 0 Å². The first-order valence-electron chi connectivity index (χ1n) is 10.9. The Morgan fingerprint density at radius 3 is 2.66 bits per heavy atom. The predicted molar refractivity (Wildman–Crippen MR) is 136 cm³/mol. The maximum atomic E-state index is 8.69. The van der Waals surface area contributed by atoms with Crippen LogP contribution in [0.4, 0.5) is 11.5 Å². The van der Waals surface area contributed by atoms with Gasteiger partial charge in [0.1, 0.15) is 0 Å². The summed E-state index contributed by atoms with van der Waals surface area (Å²) >= 11 is 5.36. The van der Waals surface area contributed by atoms with E-state index in [1.807, 2.05) is 19.9 Å². The quantitative estimate of drug-likeness (QED) is 0.258. The Bertz CT molecular complexity index is 1090. The molecule has 32 heavy (non-hydrogen) atoms. The number of aryl methyl sites for hydroxylation is 3. The number of pyridine rings is 1. The van der Waals surface area contributed by atoms with E-state index in [4.69, 9.17) is 17.5 Å². The van der Waals surface area contributed by atoms with E-state index >= 15 is 0 Å². The molecule has 166 valence electrons. The van der Waals surface area contributed by atoms with Gasteiger partial charge >= 0.3 is 0 Å². The fraction of sp³-hybridized carbons (Fsp3) is 0.320. The van der Waals surface area contributed by atoms with Crippen LogP contribution in [0.3, 0.4) is 0 Å². The van der Waals surface area contributed by atoms with Gasteiger partial charge in [0.15, 0.2) is 10.9 Å². The van der Waals surface area contributed by atoms with Crippen molar-refractivity contribution in [2.75, 3.05) is 17.2 Å². The normalized spacial score (nSPS) is 10.4. The van der Waals surface area contributed by atoms with Gasteiger partial charge in [0.25, 0.3) is 0 Å². The van der Waals surface area contributed by atoms with Crippen LogP contribution >= 0.6 is 12.2 Å². The number of hydrogen-bond donors (Lipinski definition) is 4. The van der Waals surface area contributed by atoms with Gasteiger partial charge in [0.05, 0.1) is 11.8 Å². The number of nitrogens with zero attached hydrogens (tertiary/aromatic N) is 2. The first-order chi connectivity index (χ1) is 15.5. The van der Waals surface area contributed by atoms with Gasteiger partial charge in [-0.25, -0.2) is 4.98 Å². The average Bonchev–Trinajstić information content (AvgIpc) is 3.24. The topological polar surface area (TPSA) is 88.6 Å². The molecule has 3 rings (SSSR count). The standard InChI is InChI=1S/C25H30N6S/c1-4-27-25(32)31-23-17(2)15-18(3)29-24(23)28-16-19-8-10-20(11-9-19)22-13-12-21(30-22)7-5-6-14-26/h8-13,15,30H,4-7,16H2,1-3H3,(H,28,29)(H2,27,31,32). The molecule has 1 aromatic carbocycles. The van der Waals surface area contributed by atoms with Crippen molar-refractivity contribution in [3.8, 4) is 17.3 Å². The fourth-order valence-electron chi connectivity index (χ4n) is 3.54. The number of anilines is 2. The monoisotopic (exact) mass is 446 g/mol. The van der Waals surface area contributed by atoms with Gasteiger partial charge in [0, 0.05) is 36.6 Å². The van der Waals surface area contributed by atoms with E-state index in [9.17, 15) is 0 Å². The van der Waals surface area contributed by atoms with Crippen LogP contribution in [-0.4, -0.2) is 21.6 Å². The molecule has 0 amide bonds. The smallest absolute Gasteiger partial charge is 0.170 e. The molecule has 0 saturated carbocycles. The number of aromatic amines is 1. The van der Waals surface area contributed by atoms with Gasteiger partial charge in [-0.1, -0.05) is 24.3 Å².